The second-order valence-electron chi connectivity index (χ2n) is 9.95. The normalized spacial score (nSPS) is 17.1. The predicted molar refractivity (Wildman–Crippen MR) is 142 cm³/mol. The Labute approximate surface area is 221 Å². The van der Waals surface area contributed by atoms with Crippen LogP contribution in [0.25, 0.3) is 22.3 Å². The fourth-order valence-electron chi connectivity index (χ4n) is 6.01. The van der Waals surface area contributed by atoms with E-state index in [2.05, 4.69) is 0 Å². The highest BCUT2D eigenvalue weighted by atomic mass is 19.4. The molecule has 0 aromatic heterocycles. The van der Waals surface area contributed by atoms with Crippen molar-refractivity contribution in [2.75, 3.05) is 0 Å². The van der Waals surface area contributed by atoms with Crippen LogP contribution in [0.5, 0.6) is 0 Å². The van der Waals surface area contributed by atoms with E-state index in [1.54, 1.807) is 6.92 Å². The molecule has 0 saturated carbocycles. The summed E-state index contributed by atoms with van der Waals surface area (Å²) in [5.74, 6) is -0.537. The maximum Gasteiger partial charge on any atom is 0.416 e. The molecule has 0 fully saturated rings. The maximum absolute atomic E-state index is 13.9. The van der Waals surface area contributed by atoms with E-state index in [0.29, 0.717) is 17.6 Å². The van der Waals surface area contributed by atoms with E-state index >= 15 is 0 Å². The van der Waals surface area contributed by atoms with Gasteiger partial charge in [-0.1, -0.05) is 78.9 Å². The minimum Gasteiger partial charge on any atom is -0.166 e. The first-order valence-corrected chi connectivity index (χ1v) is 12.5. The van der Waals surface area contributed by atoms with Crippen LogP contribution in [0.3, 0.4) is 0 Å². The number of hydrogen-bond acceptors (Lipinski definition) is 0. The summed E-state index contributed by atoms with van der Waals surface area (Å²) >= 11 is 0. The summed E-state index contributed by atoms with van der Waals surface area (Å²) in [6, 6.07) is 27.0. The van der Waals surface area contributed by atoms with Crippen LogP contribution in [0.15, 0.2) is 97.1 Å². The van der Waals surface area contributed by atoms with Gasteiger partial charge in [-0.25, -0.2) is 0 Å². The third-order valence-corrected chi connectivity index (χ3v) is 7.68. The lowest BCUT2D eigenvalue weighted by Crippen LogP contribution is -2.12. The van der Waals surface area contributed by atoms with Crippen molar-refractivity contribution < 1.29 is 26.3 Å². The van der Waals surface area contributed by atoms with Gasteiger partial charge >= 0.3 is 12.4 Å². The van der Waals surface area contributed by atoms with Gasteiger partial charge in [0, 0.05) is 5.92 Å². The van der Waals surface area contributed by atoms with Gasteiger partial charge in [0.25, 0.3) is 0 Å². The first kappa shape index (κ1) is 25.2. The molecule has 0 N–H and O–H groups in total. The van der Waals surface area contributed by atoms with Gasteiger partial charge in [-0.3, -0.25) is 0 Å². The molecular weight excluding hydrogens is 510 g/mol. The van der Waals surface area contributed by atoms with Crippen LogP contribution in [0, 0.1) is 0 Å². The van der Waals surface area contributed by atoms with E-state index in [1.165, 1.54) is 0 Å². The highest BCUT2D eigenvalue weighted by molar-refractivity contribution is 6.11. The molecule has 6 heteroatoms. The third kappa shape index (κ3) is 4.28. The first-order chi connectivity index (χ1) is 18.5. The minimum absolute atomic E-state index is 0.0693. The molecule has 0 nitrogen and oxygen atoms in total. The average molecular weight is 533 g/mol. The van der Waals surface area contributed by atoms with Gasteiger partial charge in [-0.2, -0.15) is 26.3 Å². The number of halogens is 6. The van der Waals surface area contributed by atoms with Crippen LogP contribution < -0.4 is 0 Å². The number of fused-ring (bicyclic) bond motifs is 2. The van der Waals surface area contributed by atoms with Crippen molar-refractivity contribution in [1.82, 2.24) is 0 Å². The lowest BCUT2D eigenvalue weighted by Gasteiger charge is -2.24. The lowest BCUT2D eigenvalue weighted by atomic mass is 9.79. The smallest absolute Gasteiger partial charge is 0.166 e. The summed E-state index contributed by atoms with van der Waals surface area (Å²) in [6.45, 7) is 1.78. The monoisotopic (exact) mass is 532 g/mol. The van der Waals surface area contributed by atoms with E-state index in [-0.39, 0.29) is 11.6 Å². The van der Waals surface area contributed by atoms with E-state index in [4.69, 9.17) is 0 Å². The van der Waals surface area contributed by atoms with Crippen LogP contribution in [-0.4, -0.2) is 0 Å². The van der Waals surface area contributed by atoms with Gasteiger partial charge in [0.15, 0.2) is 0 Å². The van der Waals surface area contributed by atoms with Gasteiger partial charge < -0.3 is 0 Å². The molecule has 0 aliphatic heterocycles. The van der Waals surface area contributed by atoms with Crippen molar-refractivity contribution in [2.24, 2.45) is 0 Å². The highest BCUT2D eigenvalue weighted by Crippen LogP contribution is 2.57. The minimum atomic E-state index is -4.93. The van der Waals surface area contributed by atoms with Crippen molar-refractivity contribution in [1.29, 1.82) is 0 Å². The van der Waals surface area contributed by atoms with E-state index in [9.17, 15) is 26.3 Å². The first-order valence-electron chi connectivity index (χ1n) is 12.5. The molecule has 1 unspecified atom stereocenters. The fourth-order valence-corrected chi connectivity index (χ4v) is 6.01. The van der Waals surface area contributed by atoms with Gasteiger partial charge in [-0.05, 0) is 87.2 Å². The Morgan fingerprint density at radius 1 is 0.590 bits per heavy atom. The largest absolute Gasteiger partial charge is 0.416 e. The van der Waals surface area contributed by atoms with E-state index in [1.807, 2.05) is 78.9 Å². The van der Waals surface area contributed by atoms with E-state index < -0.39 is 29.4 Å². The number of hydrogen-bond donors (Lipinski definition) is 0. The zero-order valence-electron chi connectivity index (χ0n) is 20.8. The number of alkyl halides is 6. The summed E-state index contributed by atoms with van der Waals surface area (Å²) < 4.78 is 83.2. The molecule has 0 heterocycles. The van der Waals surface area contributed by atoms with Gasteiger partial charge in [0.1, 0.15) is 0 Å². The van der Waals surface area contributed by atoms with Crippen molar-refractivity contribution in [3.8, 4) is 0 Å². The Hall–Kier alpha value is -4.06. The molecule has 2 aliphatic carbocycles. The predicted octanol–water partition coefficient (Wildman–Crippen LogP) is 9.92. The van der Waals surface area contributed by atoms with Crippen molar-refractivity contribution in [3.05, 3.63) is 142 Å². The van der Waals surface area contributed by atoms with Gasteiger partial charge in [-0.15, -0.1) is 0 Å². The molecule has 0 radical (unpaired) electrons. The highest BCUT2D eigenvalue weighted by Gasteiger charge is 2.41. The van der Waals surface area contributed by atoms with Crippen LogP contribution in [-0.2, 0) is 18.8 Å². The van der Waals surface area contributed by atoms with Crippen LogP contribution in [0.1, 0.15) is 57.3 Å². The zero-order chi connectivity index (χ0) is 27.5. The fraction of sp³-hybridized carbons (Fsp3) is 0.152. The van der Waals surface area contributed by atoms with Gasteiger partial charge in [0.05, 0.1) is 11.1 Å². The van der Waals surface area contributed by atoms with Gasteiger partial charge in [0.2, 0.25) is 0 Å². The third-order valence-electron chi connectivity index (χ3n) is 7.68. The maximum atomic E-state index is 13.9. The van der Waals surface area contributed by atoms with Crippen LogP contribution in [0.2, 0.25) is 0 Å². The summed E-state index contributed by atoms with van der Waals surface area (Å²) in [5, 5.41) is 0. The molecule has 1 atom stereocenters. The molecule has 0 amide bonds. The SMILES string of the molecule is CC1=C(c2cc(C(F)(F)F)cc(C(F)(F)F)c2)C(C2=C(c3ccccc3)Cc3ccccc32)c2ccccc21. The van der Waals surface area contributed by atoms with Crippen LogP contribution in [0.4, 0.5) is 26.3 Å². The number of rotatable bonds is 3. The number of benzene rings is 4. The lowest BCUT2D eigenvalue weighted by molar-refractivity contribution is -0.143. The molecule has 6 rings (SSSR count). The second kappa shape index (κ2) is 9.01. The Morgan fingerprint density at radius 2 is 1.15 bits per heavy atom. The molecular formula is C33H22F6. The Balaban J connectivity index is 1.67. The van der Waals surface area contributed by atoms with Crippen molar-refractivity contribution in [3.63, 3.8) is 0 Å². The standard InChI is InChI=1S/C33H22F6/c1-19-25-12-7-8-14-27(25)31(29(19)22-15-23(32(34,35)36)18-24(16-22)33(37,38)39)30-26-13-6-5-11-21(26)17-28(30)20-9-3-2-4-10-20/h2-16,18,31H,17H2,1H3. The average Bonchev–Trinajstić information content (AvgIpc) is 3.43. The van der Waals surface area contributed by atoms with Crippen molar-refractivity contribution >= 4 is 22.3 Å². The van der Waals surface area contributed by atoms with E-state index in [0.717, 1.165) is 51.1 Å². The summed E-state index contributed by atoms with van der Waals surface area (Å²) in [7, 11) is 0. The molecule has 4 aromatic carbocycles. The molecule has 2 aliphatic rings. The Bertz CT molecular complexity index is 1620. The second-order valence-corrected chi connectivity index (χ2v) is 9.95. The number of allylic oxidation sites excluding steroid dienone is 4. The summed E-state index contributed by atoms with van der Waals surface area (Å²) in [4.78, 5) is 0. The topological polar surface area (TPSA) is 0 Å². The zero-order valence-corrected chi connectivity index (χ0v) is 20.8. The molecule has 39 heavy (non-hydrogen) atoms. The molecule has 4 aromatic rings. The molecule has 0 bridgehead atoms. The Kier molecular flexibility index (Phi) is 5.83. The summed E-state index contributed by atoms with van der Waals surface area (Å²) in [5.41, 5.74) is 5.10. The quantitative estimate of drug-likeness (QED) is 0.230. The Morgan fingerprint density at radius 3 is 1.79 bits per heavy atom. The van der Waals surface area contributed by atoms with Crippen LogP contribution >= 0.6 is 0 Å². The van der Waals surface area contributed by atoms with Crippen molar-refractivity contribution in [2.45, 2.75) is 31.6 Å². The molecule has 0 spiro atoms. The molecule has 196 valence electrons. The summed E-state index contributed by atoms with van der Waals surface area (Å²) in [6.07, 6.45) is -9.24. The molecule has 0 saturated heterocycles.